The van der Waals surface area contributed by atoms with Crippen LogP contribution in [-0.4, -0.2) is 12.5 Å². The van der Waals surface area contributed by atoms with Gasteiger partial charge in [0.05, 0.1) is 18.6 Å². The molecule has 1 fully saturated rings. The smallest absolute Gasteiger partial charge is 0.237 e. The van der Waals surface area contributed by atoms with E-state index in [9.17, 15) is 4.79 Å². The Hall–Kier alpha value is -2.34. The highest BCUT2D eigenvalue weighted by Crippen LogP contribution is 2.49. The van der Waals surface area contributed by atoms with Gasteiger partial charge in [0.15, 0.2) is 0 Å². The van der Waals surface area contributed by atoms with Gasteiger partial charge in [0, 0.05) is 9.26 Å². The van der Waals surface area contributed by atoms with Gasteiger partial charge in [0.1, 0.15) is 5.75 Å². The zero-order valence-corrected chi connectivity index (χ0v) is 18.6. The monoisotopic (exact) mass is 497 g/mol. The highest BCUT2D eigenvalue weighted by Gasteiger charge is 2.49. The summed E-state index contributed by atoms with van der Waals surface area (Å²) in [7, 11) is 0. The van der Waals surface area contributed by atoms with Gasteiger partial charge in [-0.05, 0) is 76.5 Å². The molecule has 0 radical (unpaired) electrons. The van der Waals surface area contributed by atoms with Crippen LogP contribution in [0.4, 0.5) is 5.69 Å². The fraction of sp³-hybridized carbons (Fsp3) is 0.240. The minimum Gasteiger partial charge on any atom is -0.494 e. The Morgan fingerprint density at radius 2 is 1.59 bits per heavy atom. The first-order valence-electron chi connectivity index (χ1n) is 10.1. The Labute approximate surface area is 185 Å². The van der Waals surface area contributed by atoms with E-state index < -0.39 is 0 Å². The molecule has 1 amide bonds. The lowest BCUT2D eigenvalue weighted by Gasteiger charge is -2.47. The van der Waals surface area contributed by atoms with Crippen LogP contribution in [0.3, 0.4) is 0 Å². The number of nitrogens with zero attached hydrogens (tertiary/aromatic N) is 1. The third kappa shape index (κ3) is 4.17. The standard InChI is InChI=1S/C25H24INO2/c1-2-3-17-29-22-15-9-19(10-16-22)24-23(18-7-5-4-6-8-18)25(28)27(24)21-13-11-20(26)12-14-21/h4-16,23-24H,2-3,17H2,1H3. The van der Waals surface area contributed by atoms with E-state index in [1.165, 1.54) is 0 Å². The number of carbonyl (C=O) groups excluding carboxylic acids is 1. The quantitative estimate of drug-likeness (QED) is 0.217. The SMILES string of the molecule is CCCCOc1ccc(C2C(c3ccccc3)C(=O)N2c2ccc(I)cc2)cc1. The largest absolute Gasteiger partial charge is 0.494 e. The van der Waals surface area contributed by atoms with E-state index in [1.54, 1.807) is 0 Å². The molecule has 4 heteroatoms. The van der Waals surface area contributed by atoms with Gasteiger partial charge in [-0.25, -0.2) is 0 Å². The van der Waals surface area contributed by atoms with Crippen molar-refractivity contribution in [1.82, 2.24) is 0 Å². The Morgan fingerprint density at radius 3 is 2.24 bits per heavy atom. The molecule has 1 saturated heterocycles. The molecule has 1 heterocycles. The van der Waals surface area contributed by atoms with E-state index >= 15 is 0 Å². The van der Waals surface area contributed by atoms with Crippen LogP contribution in [0.5, 0.6) is 5.75 Å². The minimum atomic E-state index is -0.165. The summed E-state index contributed by atoms with van der Waals surface area (Å²) < 4.78 is 6.97. The summed E-state index contributed by atoms with van der Waals surface area (Å²) in [6.07, 6.45) is 2.17. The maximum atomic E-state index is 13.2. The van der Waals surface area contributed by atoms with Crippen LogP contribution in [0.15, 0.2) is 78.9 Å². The second-order valence-corrected chi connectivity index (χ2v) is 8.53. The molecule has 1 aliphatic rings. The molecule has 0 spiro atoms. The number of carbonyl (C=O) groups is 1. The van der Waals surface area contributed by atoms with Gasteiger partial charge in [0.25, 0.3) is 0 Å². The summed E-state index contributed by atoms with van der Waals surface area (Å²) in [6, 6.07) is 26.4. The van der Waals surface area contributed by atoms with Crippen LogP contribution in [0.25, 0.3) is 0 Å². The van der Waals surface area contributed by atoms with Crippen molar-refractivity contribution in [1.29, 1.82) is 0 Å². The third-order valence-corrected chi connectivity index (χ3v) is 6.07. The molecule has 0 N–H and O–H groups in total. The summed E-state index contributed by atoms with van der Waals surface area (Å²) >= 11 is 2.29. The average Bonchev–Trinajstić information content (AvgIpc) is 2.75. The van der Waals surface area contributed by atoms with Crippen molar-refractivity contribution in [3.63, 3.8) is 0 Å². The lowest BCUT2D eigenvalue weighted by atomic mass is 9.77. The zero-order chi connectivity index (χ0) is 20.2. The van der Waals surface area contributed by atoms with Crippen molar-refractivity contribution in [2.45, 2.75) is 31.7 Å². The first kappa shape index (κ1) is 20.0. The number of hydrogen-bond donors (Lipinski definition) is 0. The Kier molecular flexibility index (Phi) is 6.19. The molecule has 3 aromatic rings. The summed E-state index contributed by atoms with van der Waals surface area (Å²) in [6.45, 7) is 2.89. The lowest BCUT2D eigenvalue weighted by Crippen LogP contribution is -2.53. The van der Waals surface area contributed by atoms with Gasteiger partial charge in [-0.15, -0.1) is 0 Å². The lowest BCUT2D eigenvalue weighted by molar-refractivity contribution is -0.126. The van der Waals surface area contributed by atoms with Gasteiger partial charge >= 0.3 is 0 Å². The Balaban J connectivity index is 1.64. The van der Waals surface area contributed by atoms with E-state index in [-0.39, 0.29) is 17.9 Å². The number of unbranched alkanes of at least 4 members (excludes halogenated alkanes) is 1. The first-order chi connectivity index (χ1) is 14.2. The van der Waals surface area contributed by atoms with Gasteiger partial charge in [-0.1, -0.05) is 55.8 Å². The number of β-lactam (4-membered cyclic amide) rings is 1. The first-order valence-corrected chi connectivity index (χ1v) is 11.1. The number of rotatable bonds is 7. The van der Waals surface area contributed by atoms with E-state index in [0.29, 0.717) is 0 Å². The third-order valence-electron chi connectivity index (χ3n) is 5.35. The number of ether oxygens (including phenoxy) is 1. The second kappa shape index (κ2) is 8.99. The molecule has 148 valence electrons. The summed E-state index contributed by atoms with van der Waals surface area (Å²) in [5, 5.41) is 0. The predicted octanol–water partition coefficient (Wildman–Crippen LogP) is 6.34. The van der Waals surface area contributed by atoms with Crippen LogP contribution >= 0.6 is 22.6 Å². The van der Waals surface area contributed by atoms with Crippen molar-refractivity contribution in [3.05, 3.63) is 93.6 Å². The molecule has 3 aromatic carbocycles. The van der Waals surface area contributed by atoms with Crippen LogP contribution in [0, 0.1) is 3.57 Å². The molecular formula is C25H24INO2. The summed E-state index contributed by atoms with van der Waals surface area (Å²) in [5.74, 6) is 0.859. The van der Waals surface area contributed by atoms with Gasteiger partial charge in [0.2, 0.25) is 5.91 Å². The van der Waals surface area contributed by atoms with Gasteiger partial charge in [-0.3, -0.25) is 4.79 Å². The maximum Gasteiger partial charge on any atom is 0.237 e. The predicted molar refractivity (Wildman–Crippen MR) is 125 cm³/mol. The van der Waals surface area contributed by atoms with Crippen LogP contribution in [-0.2, 0) is 4.79 Å². The normalized spacial score (nSPS) is 18.4. The second-order valence-electron chi connectivity index (χ2n) is 7.29. The minimum absolute atomic E-state index is 0.0188. The molecule has 0 aromatic heterocycles. The number of hydrogen-bond acceptors (Lipinski definition) is 2. The van der Waals surface area contributed by atoms with Crippen molar-refractivity contribution in [2.24, 2.45) is 0 Å². The fourth-order valence-corrected chi connectivity index (χ4v) is 4.16. The molecule has 4 rings (SSSR count). The number of benzene rings is 3. The van der Waals surface area contributed by atoms with E-state index in [4.69, 9.17) is 4.74 Å². The van der Waals surface area contributed by atoms with Crippen molar-refractivity contribution in [3.8, 4) is 5.75 Å². The summed E-state index contributed by atoms with van der Waals surface area (Å²) in [4.78, 5) is 15.1. The molecular weight excluding hydrogens is 473 g/mol. The highest BCUT2D eigenvalue weighted by molar-refractivity contribution is 14.1. The average molecular weight is 497 g/mol. The van der Waals surface area contributed by atoms with Crippen LogP contribution < -0.4 is 9.64 Å². The van der Waals surface area contributed by atoms with Crippen molar-refractivity contribution in [2.75, 3.05) is 11.5 Å². The van der Waals surface area contributed by atoms with Crippen LogP contribution in [0.1, 0.15) is 42.9 Å². The van der Waals surface area contributed by atoms with Crippen molar-refractivity contribution < 1.29 is 9.53 Å². The molecule has 2 atom stereocenters. The topological polar surface area (TPSA) is 29.5 Å². The number of anilines is 1. The molecule has 0 aliphatic carbocycles. The van der Waals surface area contributed by atoms with E-state index in [1.807, 2.05) is 71.6 Å². The van der Waals surface area contributed by atoms with E-state index in [2.05, 4.69) is 41.6 Å². The van der Waals surface area contributed by atoms with E-state index in [0.717, 1.165) is 45.6 Å². The Bertz CT molecular complexity index is 954. The Morgan fingerprint density at radius 1 is 0.897 bits per heavy atom. The van der Waals surface area contributed by atoms with Crippen LogP contribution in [0.2, 0.25) is 0 Å². The molecule has 0 bridgehead atoms. The molecule has 3 nitrogen and oxygen atoms in total. The number of halogens is 1. The molecule has 29 heavy (non-hydrogen) atoms. The number of amides is 1. The zero-order valence-electron chi connectivity index (χ0n) is 16.4. The van der Waals surface area contributed by atoms with Crippen molar-refractivity contribution >= 4 is 34.2 Å². The molecule has 2 unspecified atom stereocenters. The highest BCUT2D eigenvalue weighted by atomic mass is 127. The molecule has 1 aliphatic heterocycles. The maximum absolute atomic E-state index is 13.2. The molecule has 0 saturated carbocycles. The summed E-state index contributed by atoms with van der Waals surface area (Å²) in [5.41, 5.74) is 3.13. The fourth-order valence-electron chi connectivity index (χ4n) is 3.80. The van der Waals surface area contributed by atoms with Gasteiger partial charge < -0.3 is 9.64 Å². The van der Waals surface area contributed by atoms with Gasteiger partial charge in [-0.2, -0.15) is 0 Å².